The summed E-state index contributed by atoms with van der Waals surface area (Å²) >= 11 is 1.57. The zero-order chi connectivity index (χ0) is 14.7. The Hall–Kier alpha value is -1.88. The van der Waals surface area contributed by atoms with Crippen molar-refractivity contribution in [2.75, 3.05) is 0 Å². The SMILES string of the molecule is Cc1nc(SCc2ccccc2C(=N)N)nc(C)c1C. The number of amidine groups is 1. The standard InChI is InChI=1S/C15H18N4S/c1-9-10(2)18-15(19-11(9)3)20-8-12-6-4-5-7-13(12)14(16)17/h4-7H,8H2,1-3H3,(H3,16,17). The van der Waals surface area contributed by atoms with Crippen molar-refractivity contribution in [2.24, 2.45) is 5.73 Å². The van der Waals surface area contributed by atoms with E-state index in [4.69, 9.17) is 11.1 Å². The van der Waals surface area contributed by atoms with Crippen molar-refractivity contribution >= 4 is 17.6 Å². The molecule has 104 valence electrons. The first-order chi connectivity index (χ1) is 9.49. The minimum absolute atomic E-state index is 0.0957. The fourth-order valence-electron chi connectivity index (χ4n) is 1.86. The number of benzene rings is 1. The van der Waals surface area contributed by atoms with Crippen molar-refractivity contribution in [2.45, 2.75) is 31.7 Å². The van der Waals surface area contributed by atoms with Gasteiger partial charge in [-0.1, -0.05) is 36.0 Å². The Morgan fingerprint density at radius 1 is 1.15 bits per heavy atom. The summed E-state index contributed by atoms with van der Waals surface area (Å²) in [5.74, 6) is 0.802. The molecule has 0 aliphatic rings. The molecule has 0 aliphatic heterocycles. The molecule has 4 nitrogen and oxygen atoms in total. The minimum atomic E-state index is 0.0957. The lowest BCUT2D eigenvalue weighted by atomic mass is 10.1. The number of nitrogens with two attached hydrogens (primary N) is 1. The maximum Gasteiger partial charge on any atom is 0.188 e. The van der Waals surface area contributed by atoms with E-state index >= 15 is 0 Å². The predicted molar refractivity (Wildman–Crippen MR) is 83.3 cm³/mol. The Bertz CT molecular complexity index is 629. The van der Waals surface area contributed by atoms with E-state index in [1.807, 2.05) is 45.0 Å². The van der Waals surface area contributed by atoms with Crippen LogP contribution in [0.15, 0.2) is 29.4 Å². The highest BCUT2D eigenvalue weighted by molar-refractivity contribution is 7.98. The van der Waals surface area contributed by atoms with Gasteiger partial charge in [-0.25, -0.2) is 9.97 Å². The van der Waals surface area contributed by atoms with E-state index in [9.17, 15) is 0 Å². The van der Waals surface area contributed by atoms with Crippen molar-refractivity contribution in [3.63, 3.8) is 0 Å². The Labute approximate surface area is 123 Å². The second kappa shape index (κ2) is 6.05. The van der Waals surface area contributed by atoms with Gasteiger partial charge in [0.2, 0.25) is 0 Å². The van der Waals surface area contributed by atoms with E-state index in [1.54, 1.807) is 11.8 Å². The Morgan fingerprint density at radius 2 is 1.75 bits per heavy atom. The summed E-state index contributed by atoms with van der Waals surface area (Å²) in [5, 5.41) is 8.36. The van der Waals surface area contributed by atoms with Gasteiger partial charge in [0.1, 0.15) is 5.84 Å². The maximum atomic E-state index is 7.59. The van der Waals surface area contributed by atoms with E-state index < -0.39 is 0 Å². The average molecular weight is 286 g/mol. The van der Waals surface area contributed by atoms with Gasteiger partial charge < -0.3 is 5.73 Å². The fraction of sp³-hybridized carbons (Fsp3) is 0.267. The third-order valence-electron chi connectivity index (χ3n) is 3.28. The Balaban J connectivity index is 2.19. The lowest BCUT2D eigenvalue weighted by Gasteiger charge is -2.09. The molecule has 0 saturated carbocycles. The van der Waals surface area contributed by atoms with Gasteiger partial charge in [-0.15, -0.1) is 0 Å². The van der Waals surface area contributed by atoms with Gasteiger partial charge in [-0.3, -0.25) is 5.41 Å². The molecule has 0 aliphatic carbocycles. The maximum absolute atomic E-state index is 7.59. The number of nitrogens with zero attached hydrogens (tertiary/aromatic N) is 2. The van der Waals surface area contributed by atoms with E-state index in [-0.39, 0.29) is 5.84 Å². The van der Waals surface area contributed by atoms with Crippen LogP contribution >= 0.6 is 11.8 Å². The number of nitrogen functional groups attached to an aromatic ring is 1. The first kappa shape index (κ1) is 14.5. The first-order valence-electron chi connectivity index (χ1n) is 6.36. The largest absolute Gasteiger partial charge is 0.384 e. The highest BCUT2D eigenvalue weighted by Crippen LogP contribution is 2.23. The molecule has 0 atom stereocenters. The average Bonchev–Trinajstić information content (AvgIpc) is 2.42. The second-order valence-electron chi connectivity index (χ2n) is 4.66. The molecule has 2 rings (SSSR count). The highest BCUT2D eigenvalue weighted by Gasteiger charge is 2.08. The molecule has 20 heavy (non-hydrogen) atoms. The molecule has 1 aromatic carbocycles. The van der Waals surface area contributed by atoms with Crippen LogP contribution in [-0.4, -0.2) is 15.8 Å². The Kier molecular flexibility index (Phi) is 4.39. The summed E-state index contributed by atoms with van der Waals surface area (Å²) < 4.78 is 0. The van der Waals surface area contributed by atoms with Gasteiger partial charge in [-0.2, -0.15) is 0 Å². The van der Waals surface area contributed by atoms with Crippen molar-refractivity contribution in [3.05, 3.63) is 52.3 Å². The molecule has 0 bridgehead atoms. The van der Waals surface area contributed by atoms with Crippen molar-refractivity contribution < 1.29 is 0 Å². The molecule has 0 amide bonds. The third kappa shape index (κ3) is 3.17. The molecule has 0 saturated heterocycles. The summed E-state index contributed by atoms with van der Waals surface area (Å²) in [6.07, 6.45) is 0. The molecule has 0 radical (unpaired) electrons. The van der Waals surface area contributed by atoms with Crippen LogP contribution in [0.4, 0.5) is 0 Å². The monoisotopic (exact) mass is 286 g/mol. The molecule has 0 spiro atoms. The van der Waals surface area contributed by atoms with Gasteiger partial charge in [0.05, 0.1) is 0 Å². The van der Waals surface area contributed by atoms with E-state index in [1.165, 1.54) is 0 Å². The highest BCUT2D eigenvalue weighted by atomic mass is 32.2. The van der Waals surface area contributed by atoms with Crippen LogP contribution in [0.5, 0.6) is 0 Å². The van der Waals surface area contributed by atoms with Crippen LogP contribution in [0, 0.1) is 26.2 Å². The minimum Gasteiger partial charge on any atom is -0.384 e. The molecule has 1 aromatic heterocycles. The number of aromatic nitrogens is 2. The van der Waals surface area contributed by atoms with Crippen LogP contribution < -0.4 is 5.73 Å². The first-order valence-corrected chi connectivity index (χ1v) is 7.34. The molecule has 0 unspecified atom stereocenters. The number of rotatable bonds is 4. The van der Waals surface area contributed by atoms with E-state index in [2.05, 4.69) is 9.97 Å². The molecule has 2 aromatic rings. The van der Waals surface area contributed by atoms with E-state index in [0.717, 1.165) is 33.2 Å². The van der Waals surface area contributed by atoms with E-state index in [0.29, 0.717) is 5.75 Å². The second-order valence-corrected chi connectivity index (χ2v) is 5.60. The third-order valence-corrected chi connectivity index (χ3v) is 4.17. The van der Waals surface area contributed by atoms with Crippen LogP contribution in [-0.2, 0) is 5.75 Å². The van der Waals surface area contributed by atoms with Crippen molar-refractivity contribution in [1.29, 1.82) is 5.41 Å². The number of aryl methyl sites for hydroxylation is 2. The number of hydrogen-bond donors (Lipinski definition) is 2. The quantitative estimate of drug-likeness (QED) is 0.392. The zero-order valence-electron chi connectivity index (χ0n) is 11.9. The normalized spacial score (nSPS) is 10.6. The van der Waals surface area contributed by atoms with Crippen LogP contribution in [0.1, 0.15) is 28.1 Å². The van der Waals surface area contributed by atoms with Crippen LogP contribution in [0.25, 0.3) is 0 Å². The van der Waals surface area contributed by atoms with Gasteiger partial charge in [0.15, 0.2) is 5.16 Å². The predicted octanol–water partition coefficient (Wildman–Crippen LogP) is 2.98. The summed E-state index contributed by atoms with van der Waals surface area (Å²) in [6, 6.07) is 7.69. The van der Waals surface area contributed by atoms with Crippen LogP contribution in [0.3, 0.4) is 0 Å². The fourth-order valence-corrected chi connectivity index (χ4v) is 2.80. The molecule has 5 heteroatoms. The molecular formula is C15H18N4S. The molecule has 3 N–H and O–H groups in total. The summed E-state index contributed by atoms with van der Waals surface area (Å²) in [4.78, 5) is 8.98. The number of nitrogens with one attached hydrogen (secondary N) is 1. The summed E-state index contributed by atoms with van der Waals surface area (Å²) in [7, 11) is 0. The lowest BCUT2D eigenvalue weighted by Crippen LogP contribution is -2.13. The summed E-state index contributed by atoms with van der Waals surface area (Å²) in [6.45, 7) is 6.03. The van der Waals surface area contributed by atoms with Gasteiger partial charge in [0.25, 0.3) is 0 Å². The van der Waals surface area contributed by atoms with Crippen LogP contribution in [0.2, 0.25) is 0 Å². The van der Waals surface area contributed by atoms with Crippen molar-refractivity contribution in [3.8, 4) is 0 Å². The topological polar surface area (TPSA) is 75.7 Å². The molecular weight excluding hydrogens is 268 g/mol. The molecule has 1 heterocycles. The zero-order valence-corrected chi connectivity index (χ0v) is 12.7. The van der Waals surface area contributed by atoms with Gasteiger partial charge in [-0.05, 0) is 31.9 Å². The van der Waals surface area contributed by atoms with Crippen molar-refractivity contribution in [1.82, 2.24) is 9.97 Å². The molecule has 0 fully saturated rings. The number of hydrogen-bond acceptors (Lipinski definition) is 4. The van der Waals surface area contributed by atoms with Gasteiger partial charge in [0, 0.05) is 22.7 Å². The van der Waals surface area contributed by atoms with Gasteiger partial charge >= 0.3 is 0 Å². The smallest absolute Gasteiger partial charge is 0.188 e. The summed E-state index contributed by atoms with van der Waals surface area (Å²) in [5.41, 5.74) is 10.6. The number of thioether (sulfide) groups is 1. The Morgan fingerprint density at radius 3 is 2.35 bits per heavy atom. The lowest BCUT2D eigenvalue weighted by molar-refractivity contribution is 0.880.